The highest BCUT2D eigenvalue weighted by Crippen LogP contribution is 2.30. The van der Waals surface area contributed by atoms with Gasteiger partial charge in [-0.2, -0.15) is 0 Å². The number of aryl methyl sites for hydroxylation is 1. The number of rotatable bonds is 1. The zero-order valence-electron chi connectivity index (χ0n) is 9.50. The smallest absolute Gasteiger partial charge is 0.0488 e. The monoisotopic (exact) mass is 285 g/mol. The molecule has 0 atom stereocenters. The van der Waals surface area contributed by atoms with Crippen LogP contribution in [-0.4, -0.2) is 4.98 Å². The van der Waals surface area contributed by atoms with Gasteiger partial charge in [-0.1, -0.05) is 52.3 Å². The molecule has 2 aromatic carbocycles. The molecule has 2 heteroatoms. The Morgan fingerprint density at radius 1 is 1.00 bits per heavy atom. The summed E-state index contributed by atoms with van der Waals surface area (Å²) < 4.78 is 1.12. The maximum atomic E-state index is 3.59. The molecule has 17 heavy (non-hydrogen) atoms. The lowest BCUT2D eigenvalue weighted by molar-refractivity contribution is 1.40. The van der Waals surface area contributed by atoms with E-state index in [-0.39, 0.29) is 0 Å². The molecule has 0 amide bonds. The van der Waals surface area contributed by atoms with Gasteiger partial charge in [0.1, 0.15) is 0 Å². The lowest BCUT2D eigenvalue weighted by Gasteiger charge is -2.00. The van der Waals surface area contributed by atoms with E-state index in [4.69, 9.17) is 0 Å². The Bertz CT molecular complexity index is 682. The number of nitrogens with one attached hydrogen (secondary N) is 1. The number of para-hydroxylation sites is 1. The lowest BCUT2D eigenvalue weighted by Crippen LogP contribution is -1.79. The van der Waals surface area contributed by atoms with Crippen molar-refractivity contribution in [3.8, 4) is 11.3 Å². The van der Waals surface area contributed by atoms with Crippen LogP contribution in [0, 0.1) is 6.92 Å². The number of aromatic amines is 1. The van der Waals surface area contributed by atoms with Gasteiger partial charge in [-0.15, -0.1) is 0 Å². The van der Waals surface area contributed by atoms with Gasteiger partial charge < -0.3 is 4.98 Å². The second-order valence-electron chi connectivity index (χ2n) is 4.20. The van der Waals surface area contributed by atoms with Gasteiger partial charge in [-0.25, -0.2) is 0 Å². The molecule has 0 unspecified atom stereocenters. The van der Waals surface area contributed by atoms with Crippen molar-refractivity contribution in [2.24, 2.45) is 0 Å². The minimum absolute atomic E-state index is 1.12. The predicted octanol–water partition coefficient (Wildman–Crippen LogP) is 4.91. The van der Waals surface area contributed by atoms with Crippen LogP contribution in [0.3, 0.4) is 0 Å². The molecule has 3 rings (SSSR count). The third-order valence-corrected chi connectivity index (χ3v) is 3.72. The topological polar surface area (TPSA) is 15.8 Å². The molecule has 0 aliphatic heterocycles. The van der Waals surface area contributed by atoms with Crippen molar-refractivity contribution in [3.05, 3.63) is 58.6 Å². The Labute approximate surface area is 109 Å². The van der Waals surface area contributed by atoms with Gasteiger partial charge in [0.05, 0.1) is 0 Å². The number of hydrogen-bond donors (Lipinski definition) is 1. The van der Waals surface area contributed by atoms with E-state index in [0.717, 1.165) is 10.2 Å². The second-order valence-corrected chi connectivity index (χ2v) is 5.06. The van der Waals surface area contributed by atoms with E-state index in [9.17, 15) is 0 Å². The first kappa shape index (κ1) is 10.6. The van der Waals surface area contributed by atoms with Crippen molar-refractivity contribution in [1.82, 2.24) is 4.98 Å². The summed E-state index contributed by atoms with van der Waals surface area (Å²) in [5.41, 5.74) is 4.85. The molecule has 0 aliphatic carbocycles. The van der Waals surface area contributed by atoms with E-state index in [2.05, 4.69) is 70.3 Å². The standard InChI is InChI=1S/C15H12BrN/c1-10-5-4-6-11-9-14(17-15(10)11)12-7-2-3-8-13(12)16/h2-9,17H,1H3. The van der Waals surface area contributed by atoms with E-state index in [0.29, 0.717) is 0 Å². The number of fused-ring (bicyclic) bond motifs is 1. The average Bonchev–Trinajstić information content (AvgIpc) is 2.75. The fourth-order valence-corrected chi connectivity index (χ4v) is 2.63. The Morgan fingerprint density at radius 3 is 2.59 bits per heavy atom. The van der Waals surface area contributed by atoms with Crippen molar-refractivity contribution in [3.63, 3.8) is 0 Å². The number of H-pyrrole nitrogens is 1. The summed E-state index contributed by atoms with van der Waals surface area (Å²) in [6.07, 6.45) is 0. The summed E-state index contributed by atoms with van der Waals surface area (Å²) in [5.74, 6) is 0. The van der Waals surface area contributed by atoms with Gasteiger partial charge in [0, 0.05) is 26.6 Å². The Hall–Kier alpha value is -1.54. The lowest BCUT2D eigenvalue weighted by atomic mass is 10.1. The van der Waals surface area contributed by atoms with E-state index >= 15 is 0 Å². The molecule has 3 aromatic rings. The van der Waals surface area contributed by atoms with Crippen LogP contribution in [0.2, 0.25) is 0 Å². The van der Waals surface area contributed by atoms with E-state index < -0.39 is 0 Å². The predicted molar refractivity (Wildman–Crippen MR) is 76.2 cm³/mol. The second kappa shape index (κ2) is 4.04. The maximum absolute atomic E-state index is 3.59. The Morgan fingerprint density at radius 2 is 1.82 bits per heavy atom. The molecule has 0 saturated heterocycles. The van der Waals surface area contributed by atoms with Gasteiger partial charge in [-0.05, 0) is 24.6 Å². The van der Waals surface area contributed by atoms with Crippen LogP contribution in [0.25, 0.3) is 22.2 Å². The van der Waals surface area contributed by atoms with Crippen LogP contribution in [0.5, 0.6) is 0 Å². The van der Waals surface area contributed by atoms with Crippen molar-refractivity contribution in [2.75, 3.05) is 0 Å². The number of halogens is 1. The van der Waals surface area contributed by atoms with Crippen LogP contribution >= 0.6 is 15.9 Å². The first-order chi connectivity index (χ1) is 8.25. The zero-order valence-corrected chi connectivity index (χ0v) is 11.1. The van der Waals surface area contributed by atoms with Crippen LogP contribution in [-0.2, 0) is 0 Å². The van der Waals surface area contributed by atoms with Gasteiger partial charge in [-0.3, -0.25) is 0 Å². The molecule has 0 spiro atoms. The zero-order chi connectivity index (χ0) is 11.8. The molecule has 0 radical (unpaired) electrons. The Kier molecular flexibility index (Phi) is 2.52. The van der Waals surface area contributed by atoms with Gasteiger partial charge in [0.25, 0.3) is 0 Å². The fraction of sp³-hybridized carbons (Fsp3) is 0.0667. The highest BCUT2D eigenvalue weighted by Gasteiger charge is 2.06. The molecule has 0 bridgehead atoms. The van der Waals surface area contributed by atoms with Crippen molar-refractivity contribution in [2.45, 2.75) is 6.92 Å². The fourth-order valence-electron chi connectivity index (χ4n) is 2.13. The molecule has 1 N–H and O–H groups in total. The highest BCUT2D eigenvalue weighted by molar-refractivity contribution is 9.10. The molecule has 1 aromatic heterocycles. The normalized spacial score (nSPS) is 10.9. The van der Waals surface area contributed by atoms with Crippen molar-refractivity contribution < 1.29 is 0 Å². The first-order valence-corrected chi connectivity index (χ1v) is 6.38. The SMILES string of the molecule is Cc1cccc2cc(-c3ccccc3Br)[nH]c12. The maximum Gasteiger partial charge on any atom is 0.0488 e. The molecule has 84 valence electrons. The van der Waals surface area contributed by atoms with Crippen LogP contribution in [0.15, 0.2) is 53.0 Å². The third kappa shape index (κ3) is 1.79. The van der Waals surface area contributed by atoms with Crippen molar-refractivity contribution >= 4 is 26.8 Å². The van der Waals surface area contributed by atoms with Crippen LogP contribution in [0.4, 0.5) is 0 Å². The third-order valence-electron chi connectivity index (χ3n) is 3.03. The number of benzene rings is 2. The van der Waals surface area contributed by atoms with Gasteiger partial charge in [0.2, 0.25) is 0 Å². The summed E-state index contributed by atoms with van der Waals surface area (Å²) >= 11 is 3.59. The van der Waals surface area contributed by atoms with Gasteiger partial charge in [0.15, 0.2) is 0 Å². The largest absolute Gasteiger partial charge is 0.354 e. The summed E-state index contributed by atoms with van der Waals surface area (Å²) in [4.78, 5) is 3.49. The minimum Gasteiger partial charge on any atom is -0.354 e. The molecule has 1 nitrogen and oxygen atoms in total. The van der Waals surface area contributed by atoms with Crippen molar-refractivity contribution in [1.29, 1.82) is 0 Å². The average molecular weight is 286 g/mol. The molecule has 0 fully saturated rings. The quantitative estimate of drug-likeness (QED) is 0.654. The summed E-state index contributed by atoms with van der Waals surface area (Å²) in [6.45, 7) is 2.13. The van der Waals surface area contributed by atoms with E-state index in [1.165, 1.54) is 22.0 Å². The van der Waals surface area contributed by atoms with Gasteiger partial charge >= 0.3 is 0 Å². The minimum atomic E-state index is 1.12. The summed E-state index contributed by atoms with van der Waals surface area (Å²) in [6, 6.07) is 16.8. The highest BCUT2D eigenvalue weighted by atomic mass is 79.9. The molecule has 0 aliphatic rings. The molecular formula is C15H12BrN. The molecule has 0 saturated carbocycles. The summed E-state index contributed by atoms with van der Waals surface area (Å²) in [5, 5.41) is 1.26. The van der Waals surface area contributed by atoms with Crippen LogP contribution < -0.4 is 0 Å². The number of aromatic nitrogens is 1. The van der Waals surface area contributed by atoms with Crippen LogP contribution in [0.1, 0.15) is 5.56 Å². The Balaban J connectivity index is 2.26. The van der Waals surface area contributed by atoms with E-state index in [1.54, 1.807) is 0 Å². The summed E-state index contributed by atoms with van der Waals surface area (Å²) in [7, 11) is 0. The molecule has 1 heterocycles. The number of hydrogen-bond acceptors (Lipinski definition) is 0. The first-order valence-electron chi connectivity index (χ1n) is 5.59. The molecular weight excluding hydrogens is 274 g/mol. The van der Waals surface area contributed by atoms with E-state index in [1.807, 2.05) is 6.07 Å².